The van der Waals surface area contributed by atoms with Gasteiger partial charge >= 0.3 is 5.97 Å². The predicted octanol–water partition coefficient (Wildman–Crippen LogP) is 3.61. The number of ether oxygens (including phenoxy) is 1. The fourth-order valence-corrected chi connectivity index (χ4v) is 3.12. The van der Waals surface area contributed by atoms with Gasteiger partial charge in [-0.3, -0.25) is 4.79 Å². The van der Waals surface area contributed by atoms with Gasteiger partial charge in [-0.25, -0.2) is 4.79 Å². The van der Waals surface area contributed by atoms with Crippen LogP contribution in [0.25, 0.3) is 17.1 Å². The van der Waals surface area contributed by atoms with Crippen molar-refractivity contribution in [3.05, 3.63) is 54.1 Å². The molecule has 0 fully saturated rings. The number of esters is 1. The molecule has 0 unspecified atom stereocenters. The van der Waals surface area contributed by atoms with Crippen molar-refractivity contribution < 1.29 is 14.3 Å². The first-order chi connectivity index (χ1) is 12.7. The van der Waals surface area contributed by atoms with E-state index in [4.69, 9.17) is 4.74 Å². The van der Waals surface area contributed by atoms with Gasteiger partial charge in [-0.05, 0) is 42.2 Å². The van der Waals surface area contributed by atoms with Crippen molar-refractivity contribution in [3.63, 3.8) is 0 Å². The van der Waals surface area contributed by atoms with E-state index >= 15 is 0 Å². The molecule has 2 aromatic carbocycles. The minimum Gasteiger partial charge on any atom is -0.452 e. The molecular weight excluding hydrogens is 370 g/mol. The molecule has 0 aliphatic heterocycles. The van der Waals surface area contributed by atoms with Crippen molar-refractivity contribution in [2.45, 2.75) is 4.90 Å². The molecule has 0 radical (unpaired) electrons. The topological polar surface area (TPSA) is 81.2 Å². The summed E-state index contributed by atoms with van der Waals surface area (Å²) in [6.45, 7) is -0.372. The monoisotopic (exact) mass is 385 g/mol. The molecule has 8 heteroatoms. The number of carbonyl (C=O) groups excluding carboxylic acids is 2. The van der Waals surface area contributed by atoms with Gasteiger partial charge in [0.25, 0.3) is 5.91 Å². The van der Waals surface area contributed by atoms with Gasteiger partial charge in [-0.1, -0.05) is 18.2 Å². The molecule has 0 atom stereocenters. The van der Waals surface area contributed by atoms with Crippen molar-refractivity contribution in [2.24, 2.45) is 0 Å². The Bertz CT molecular complexity index is 952. The lowest BCUT2D eigenvalue weighted by Gasteiger charge is -2.05. The highest BCUT2D eigenvalue weighted by atomic mass is 32.2. The van der Waals surface area contributed by atoms with E-state index in [0.29, 0.717) is 16.7 Å². The van der Waals surface area contributed by atoms with Crippen LogP contribution in [0.2, 0.25) is 0 Å². The fourth-order valence-electron chi connectivity index (χ4n) is 2.16. The van der Waals surface area contributed by atoms with Crippen molar-refractivity contribution in [1.29, 1.82) is 0 Å². The normalized spacial score (nSPS) is 11.0. The zero-order chi connectivity index (χ0) is 18.4. The van der Waals surface area contributed by atoms with Gasteiger partial charge in [0.15, 0.2) is 6.61 Å². The molecule has 0 aliphatic carbocycles. The molecule has 1 amide bonds. The molecule has 1 N–H and O–H groups in total. The Kier molecular flexibility index (Phi) is 5.98. The van der Waals surface area contributed by atoms with E-state index in [0.717, 1.165) is 22.2 Å². The Morgan fingerprint density at radius 3 is 2.77 bits per heavy atom. The fraction of sp³-hybridized carbons (Fsp3) is 0.111. The summed E-state index contributed by atoms with van der Waals surface area (Å²) in [7, 11) is 0. The third-order valence-corrected chi connectivity index (χ3v) is 4.72. The van der Waals surface area contributed by atoms with Crippen LogP contribution >= 0.6 is 23.5 Å². The van der Waals surface area contributed by atoms with Gasteiger partial charge in [0, 0.05) is 11.0 Å². The number of amides is 1. The minimum absolute atomic E-state index is 0.372. The quantitative estimate of drug-likeness (QED) is 0.397. The van der Waals surface area contributed by atoms with E-state index in [9.17, 15) is 9.59 Å². The summed E-state index contributed by atoms with van der Waals surface area (Å²) >= 11 is 2.72. The summed E-state index contributed by atoms with van der Waals surface area (Å²) < 4.78 is 13.2. The summed E-state index contributed by atoms with van der Waals surface area (Å²) in [6, 6.07) is 13.1. The standard InChI is InChI=1S/C18H15N3O3S2/c1-25-13-8-5-12(6-9-13)7-10-17(23)24-11-16(22)19-14-3-2-4-15-18(14)21-26-20-15/h2-10H,11H2,1H3,(H,19,22)/b10-7+. The van der Waals surface area contributed by atoms with Gasteiger partial charge < -0.3 is 10.1 Å². The lowest BCUT2D eigenvalue weighted by Crippen LogP contribution is -2.20. The second-order valence-corrected chi connectivity index (χ2v) is 6.61. The van der Waals surface area contributed by atoms with Crippen molar-refractivity contribution in [1.82, 2.24) is 8.75 Å². The molecule has 3 aromatic rings. The maximum atomic E-state index is 12.0. The summed E-state index contributed by atoms with van der Waals surface area (Å²) in [5.41, 5.74) is 2.75. The number of hydrogen-bond donors (Lipinski definition) is 1. The average molecular weight is 385 g/mol. The van der Waals surface area contributed by atoms with Gasteiger partial charge in [-0.15, -0.1) is 11.8 Å². The van der Waals surface area contributed by atoms with Crippen LogP contribution in [0.4, 0.5) is 5.69 Å². The van der Waals surface area contributed by atoms with Gasteiger partial charge in [-0.2, -0.15) is 8.75 Å². The maximum Gasteiger partial charge on any atom is 0.331 e. The number of nitrogens with zero attached hydrogens (tertiary/aromatic N) is 2. The number of fused-ring (bicyclic) bond motifs is 1. The lowest BCUT2D eigenvalue weighted by atomic mass is 10.2. The van der Waals surface area contributed by atoms with Crippen LogP contribution in [0.1, 0.15) is 5.56 Å². The molecule has 1 aromatic heterocycles. The molecule has 0 bridgehead atoms. The number of nitrogens with one attached hydrogen (secondary N) is 1. The number of anilines is 1. The van der Waals surface area contributed by atoms with Gasteiger partial charge in [0.1, 0.15) is 11.0 Å². The summed E-state index contributed by atoms with van der Waals surface area (Å²) in [4.78, 5) is 24.9. The second-order valence-electron chi connectivity index (χ2n) is 5.20. The number of aromatic nitrogens is 2. The molecule has 3 rings (SSSR count). The Morgan fingerprint density at radius 2 is 2.00 bits per heavy atom. The average Bonchev–Trinajstić information content (AvgIpc) is 3.15. The molecule has 1 heterocycles. The molecule has 0 aliphatic rings. The smallest absolute Gasteiger partial charge is 0.331 e. The Labute approximate surface area is 158 Å². The Morgan fingerprint density at radius 1 is 1.19 bits per heavy atom. The molecule has 0 saturated carbocycles. The number of rotatable bonds is 6. The third-order valence-electron chi connectivity index (χ3n) is 3.43. The van der Waals surface area contributed by atoms with Crippen LogP contribution in [-0.2, 0) is 14.3 Å². The number of benzene rings is 2. The summed E-state index contributed by atoms with van der Waals surface area (Å²) in [6.07, 6.45) is 4.94. The molecule has 6 nitrogen and oxygen atoms in total. The molecule has 0 saturated heterocycles. The summed E-state index contributed by atoms with van der Waals surface area (Å²) in [5, 5.41) is 2.67. The largest absolute Gasteiger partial charge is 0.452 e. The Hall–Kier alpha value is -2.71. The molecule has 0 spiro atoms. The van der Waals surface area contributed by atoms with E-state index in [1.165, 1.54) is 6.08 Å². The Balaban J connectivity index is 1.51. The number of hydrogen-bond acceptors (Lipinski definition) is 7. The first-order valence-electron chi connectivity index (χ1n) is 7.66. The number of carbonyl (C=O) groups is 2. The van der Waals surface area contributed by atoms with Crippen LogP contribution in [0.3, 0.4) is 0 Å². The highest BCUT2D eigenvalue weighted by Crippen LogP contribution is 2.21. The third kappa shape index (κ3) is 4.68. The van der Waals surface area contributed by atoms with Crippen LogP contribution in [0.15, 0.2) is 53.4 Å². The second kappa shape index (κ2) is 8.59. The first-order valence-corrected chi connectivity index (χ1v) is 9.61. The zero-order valence-corrected chi connectivity index (χ0v) is 15.5. The minimum atomic E-state index is -0.581. The van der Waals surface area contributed by atoms with Crippen LogP contribution in [0.5, 0.6) is 0 Å². The van der Waals surface area contributed by atoms with Crippen LogP contribution < -0.4 is 5.32 Å². The lowest BCUT2D eigenvalue weighted by molar-refractivity contribution is -0.142. The first kappa shape index (κ1) is 18.1. The SMILES string of the molecule is CSc1ccc(/C=C/C(=O)OCC(=O)Nc2cccc3nsnc23)cc1. The molecular formula is C18H15N3O3S2. The molecule has 132 valence electrons. The maximum absolute atomic E-state index is 12.0. The highest BCUT2D eigenvalue weighted by molar-refractivity contribution is 7.98. The van der Waals surface area contributed by atoms with E-state index < -0.39 is 11.9 Å². The highest BCUT2D eigenvalue weighted by Gasteiger charge is 2.10. The summed E-state index contributed by atoms with van der Waals surface area (Å²) in [5.74, 6) is -1.01. The van der Waals surface area contributed by atoms with E-state index in [-0.39, 0.29) is 6.61 Å². The van der Waals surface area contributed by atoms with Gasteiger partial charge in [0.2, 0.25) is 0 Å². The van der Waals surface area contributed by atoms with Crippen molar-refractivity contribution in [2.75, 3.05) is 18.2 Å². The van der Waals surface area contributed by atoms with Crippen molar-refractivity contribution >= 4 is 58.2 Å². The number of thioether (sulfide) groups is 1. The van der Waals surface area contributed by atoms with Crippen LogP contribution in [-0.4, -0.2) is 33.5 Å². The van der Waals surface area contributed by atoms with Crippen LogP contribution in [0, 0.1) is 0 Å². The van der Waals surface area contributed by atoms with Gasteiger partial charge in [0.05, 0.1) is 17.4 Å². The van der Waals surface area contributed by atoms with E-state index in [1.807, 2.05) is 36.6 Å². The van der Waals surface area contributed by atoms with E-state index in [1.54, 1.807) is 30.0 Å². The zero-order valence-electron chi connectivity index (χ0n) is 13.8. The van der Waals surface area contributed by atoms with E-state index in [2.05, 4.69) is 14.1 Å². The van der Waals surface area contributed by atoms with Crippen molar-refractivity contribution in [3.8, 4) is 0 Å². The predicted molar refractivity (Wildman–Crippen MR) is 104 cm³/mol. The molecule has 26 heavy (non-hydrogen) atoms.